The highest BCUT2D eigenvalue weighted by Gasteiger charge is 2.10. The fourth-order valence-electron chi connectivity index (χ4n) is 1.70. The van der Waals surface area contributed by atoms with Gasteiger partial charge in [0.2, 0.25) is 0 Å². The maximum atomic E-state index is 11.0. The number of aryl methyl sites for hydroxylation is 2. The molecule has 1 heterocycles. The molecule has 0 N–H and O–H groups in total. The monoisotopic (exact) mass is 308 g/mol. The van der Waals surface area contributed by atoms with Gasteiger partial charge in [-0.15, -0.1) is 10.2 Å². The maximum Gasteiger partial charge on any atom is 0.316 e. The first-order chi connectivity index (χ1) is 10.1. The molecule has 112 valence electrons. The summed E-state index contributed by atoms with van der Waals surface area (Å²) in [6.45, 7) is 4.21. The number of carbonyl (C=O) groups excluding carboxylic acids is 1. The van der Waals surface area contributed by atoms with Gasteiger partial charge >= 0.3 is 5.97 Å². The molecule has 0 fully saturated rings. The molecule has 2 rings (SSSR count). The molecule has 0 radical (unpaired) electrons. The number of benzene rings is 1. The van der Waals surface area contributed by atoms with E-state index in [0.29, 0.717) is 11.1 Å². The van der Waals surface area contributed by atoms with Crippen LogP contribution in [0.15, 0.2) is 27.8 Å². The summed E-state index contributed by atoms with van der Waals surface area (Å²) in [6, 6.07) is 5.95. The third-order valence-electron chi connectivity index (χ3n) is 2.55. The first kappa shape index (κ1) is 15.4. The van der Waals surface area contributed by atoms with E-state index in [9.17, 15) is 4.79 Å². The van der Waals surface area contributed by atoms with Gasteiger partial charge in [0.15, 0.2) is 6.61 Å². The molecule has 1 aromatic carbocycles. The minimum absolute atomic E-state index is 0.135. The van der Waals surface area contributed by atoms with Crippen molar-refractivity contribution in [2.24, 2.45) is 0 Å². The van der Waals surface area contributed by atoms with Crippen molar-refractivity contribution < 1.29 is 18.7 Å². The molecule has 0 amide bonds. The fourth-order valence-corrected chi connectivity index (χ4v) is 2.31. The summed E-state index contributed by atoms with van der Waals surface area (Å²) in [6.07, 6.45) is 0. The number of rotatable bonds is 6. The van der Waals surface area contributed by atoms with E-state index in [2.05, 4.69) is 21.0 Å². The lowest BCUT2D eigenvalue weighted by Gasteiger charge is -2.05. The molecule has 2 aromatic rings. The summed E-state index contributed by atoms with van der Waals surface area (Å²) < 4.78 is 15.5. The zero-order valence-electron chi connectivity index (χ0n) is 12.1. The Kier molecular flexibility index (Phi) is 5.21. The SMILES string of the molecule is COC(=O)CSc1nnc(COc2cc(C)cc(C)c2)o1. The Balaban J connectivity index is 1.89. The molecule has 0 spiro atoms. The lowest BCUT2D eigenvalue weighted by molar-refractivity contribution is -0.137. The van der Waals surface area contributed by atoms with Crippen molar-refractivity contribution >= 4 is 17.7 Å². The Labute approximate surface area is 126 Å². The lowest BCUT2D eigenvalue weighted by atomic mass is 10.1. The number of nitrogens with zero attached hydrogens (tertiary/aromatic N) is 2. The van der Waals surface area contributed by atoms with Crippen molar-refractivity contribution in [3.63, 3.8) is 0 Å². The van der Waals surface area contributed by atoms with Crippen LogP contribution < -0.4 is 4.74 Å². The summed E-state index contributed by atoms with van der Waals surface area (Å²) in [7, 11) is 1.33. The van der Waals surface area contributed by atoms with E-state index in [0.717, 1.165) is 28.6 Å². The second-order valence-electron chi connectivity index (χ2n) is 4.44. The average Bonchev–Trinajstić information content (AvgIpc) is 2.89. The number of aromatic nitrogens is 2. The van der Waals surface area contributed by atoms with Gasteiger partial charge in [-0.3, -0.25) is 4.79 Å². The normalized spacial score (nSPS) is 10.4. The number of ether oxygens (including phenoxy) is 2. The van der Waals surface area contributed by atoms with Crippen LogP contribution in [-0.4, -0.2) is 29.0 Å². The zero-order chi connectivity index (χ0) is 15.2. The highest BCUT2D eigenvalue weighted by atomic mass is 32.2. The van der Waals surface area contributed by atoms with Crippen molar-refractivity contribution in [1.29, 1.82) is 0 Å². The summed E-state index contributed by atoms with van der Waals surface area (Å²) >= 11 is 1.13. The molecule has 21 heavy (non-hydrogen) atoms. The van der Waals surface area contributed by atoms with Crippen LogP contribution in [0, 0.1) is 13.8 Å². The summed E-state index contributed by atoms with van der Waals surface area (Å²) in [5, 5.41) is 8.01. The second-order valence-corrected chi connectivity index (χ2v) is 5.37. The first-order valence-electron chi connectivity index (χ1n) is 6.30. The van der Waals surface area contributed by atoms with E-state index in [1.807, 2.05) is 26.0 Å². The number of thioether (sulfide) groups is 1. The quantitative estimate of drug-likeness (QED) is 0.599. The van der Waals surface area contributed by atoms with E-state index in [1.54, 1.807) is 0 Å². The van der Waals surface area contributed by atoms with E-state index in [-0.39, 0.29) is 18.3 Å². The molecule has 0 atom stereocenters. The molecular weight excluding hydrogens is 292 g/mol. The lowest BCUT2D eigenvalue weighted by Crippen LogP contribution is -2.02. The number of hydrogen-bond donors (Lipinski definition) is 0. The second kappa shape index (κ2) is 7.12. The van der Waals surface area contributed by atoms with Gasteiger partial charge in [-0.05, 0) is 37.1 Å². The van der Waals surface area contributed by atoms with Gasteiger partial charge in [0, 0.05) is 0 Å². The van der Waals surface area contributed by atoms with Gasteiger partial charge in [0.1, 0.15) is 11.5 Å². The van der Waals surface area contributed by atoms with Crippen LogP contribution in [0.25, 0.3) is 0 Å². The molecule has 0 bridgehead atoms. The van der Waals surface area contributed by atoms with E-state index in [1.165, 1.54) is 7.11 Å². The van der Waals surface area contributed by atoms with Crippen LogP contribution in [0.2, 0.25) is 0 Å². The van der Waals surface area contributed by atoms with Gasteiger partial charge in [-0.25, -0.2) is 0 Å². The van der Waals surface area contributed by atoms with Gasteiger partial charge in [-0.2, -0.15) is 0 Å². The Morgan fingerprint density at radius 3 is 2.62 bits per heavy atom. The third-order valence-corrected chi connectivity index (χ3v) is 3.34. The fraction of sp³-hybridized carbons (Fsp3) is 0.357. The summed E-state index contributed by atoms with van der Waals surface area (Å²) in [5.41, 5.74) is 2.26. The minimum Gasteiger partial charge on any atom is -0.484 e. The molecule has 0 saturated carbocycles. The van der Waals surface area contributed by atoms with E-state index < -0.39 is 0 Å². The average molecular weight is 308 g/mol. The Morgan fingerprint density at radius 2 is 1.95 bits per heavy atom. The first-order valence-corrected chi connectivity index (χ1v) is 7.28. The molecule has 0 unspecified atom stereocenters. The van der Waals surface area contributed by atoms with Gasteiger partial charge < -0.3 is 13.9 Å². The zero-order valence-corrected chi connectivity index (χ0v) is 12.9. The summed E-state index contributed by atoms with van der Waals surface area (Å²) in [5.74, 6) is 0.915. The third kappa shape index (κ3) is 4.78. The molecule has 7 heteroatoms. The highest BCUT2D eigenvalue weighted by molar-refractivity contribution is 7.99. The topological polar surface area (TPSA) is 74.5 Å². The largest absolute Gasteiger partial charge is 0.484 e. The van der Waals surface area contributed by atoms with Crippen molar-refractivity contribution in [3.8, 4) is 5.75 Å². The van der Waals surface area contributed by atoms with Crippen LogP contribution in [0.5, 0.6) is 5.75 Å². The van der Waals surface area contributed by atoms with Crippen LogP contribution >= 0.6 is 11.8 Å². The Morgan fingerprint density at radius 1 is 1.24 bits per heavy atom. The van der Waals surface area contributed by atoms with Crippen LogP contribution in [0.1, 0.15) is 17.0 Å². The van der Waals surface area contributed by atoms with Crippen molar-refractivity contribution in [1.82, 2.24) is 10.2 Å². The molecule has 0 aliphatic rings. The van der Waals surface area contributed by atoms with Gasteiger partial charge in [0.05, 0.1) is 7.11 Å². The van der Waals surface area contributed by atoms with Crippen molar-refractivity contribution in [3.05, 3.63) is 35.2 Å². The van der Waals surface area contributed by atoms with E-state index >= 15 is 0 Å². The number of hydrogen-bond acceptors (Lipinski definition) is 7. The number of methoxy groups -OCH3 is 1. The Bertz CT molecular complexity index is 607. The van der Waals surface area contributed by atoms with Crippen LogP contribution in [0.4, 0.5) is 0 Å². The smallest absolute Gasteiger partial charge is 0.316 e. The van der Waals surface area contributed by atoms with Crippen LogP contribution in [-0.2, 0) is 16.1 Å². The number of carbonyl (C=O) groups is 1. The minimum atomic E-state index is -0.341. The predicted molar refractivity (Wildman–Crippen MR) is 77.3 cm³/mol. The molecule has 6 nitrogen and oxygen atoms in total. The molecule has 0 aliphatic heterocycles. The molecule has 0 aliphatic carbocycles. The number of esters is 1. The maximum absolute atomic E-state index is 11.0. The van der Waals surface area contributed by atoms with E-state index in [4.69, 9.17) is 9.15 Å². The summed E-state index contributed by atoms with van der Waals surface area (Å²) in [4.78, 5) is 11.0. The van der Waals surface area contributed by atoms with Gasteiger partial charge in [0.25, 0.3) is 11.1 Å². The van der Waals surface area contributed by atoms with Gasteiger partial charge in [-0.1, -0.05) is 17.8 Å². The van der Waals surface area contributed by atoms with Crippen molar-refractivity contribution in [2.75, 3.05) is 12.9 Å². The molecular formula is C14H16N2O4S. The Hall–Kier alpha value is -2.02. The molecule has 1 aromatic heterocycles. The standard InChI is InChI=1S/C14H16N2O4S/c1-9-4-10(2)6-11(5-9)19-7-12-15-16-14(20-12)21-8-13(17)18-3/h4-6H,7-8H2,1-3H3. The highest BCUT2D eigenvalue weighted by Crippen LogP contribution is 2.19. The van der Waals surface area contributed by atoms with Crippen molar-refractivity contribution in [2.45, 2.75) is 25.7 Å². The predicted octanol–water partition coefficient (Wildman–Crippen LogP) is 2.53. The molecule has 0 saturated heterocycles. The van der Waals surface area contributed by atoms with Crippen LogP contribution in [0.3, 0.4) is 0 Å².